The lowest BCUT2D eigenvalue weighted by atomic mass is 10.1. The molecule has 0 aliphatic carbocycles. The molecule has 1 heterocycles. The highest BCUT2D eigenvalue weighted by Crippen LogP contribution is 2.29. The minimum atomic E-state index is -0.0206. The Morgan fingerprint density at radius 1 is 1.36 bits per heavy atom. The van der Waals surface area contributed by atoms with Gasteiger partial charge < -0.3 is 11.5 Å². The molecule has 1 atom stereocenters. The average molecular weight is 206 g/mol. The van der Waals surface area contributed by atoms with E-state index in [-0.39, 0.29) is 6.04 Å². The van der Waals surface area contributed by atoms with Crippen LogP contribution in [0.25, 0.3) is 10.1 Å². The van der Waals surface area contributed by atoms with Gasteiger partial charge in [0.15, 0.2) is 0 Å². The van der Waals surface area contributed by atoms with E-state index in [1.165, 1.54) is 20.5 Å². The van der Waals surface area contributed by atoms with Crippen LogP contribution in [0.15, 0.2) is 24.3 Å². The number of aryl methyl sites for hydroxylation is 1. The molecule has 2 rings (SSSR count). The van der Waals surface area contributed by atoms with Crippen LogP contribution in [0.2, 0.25) is 0 Å². The lowest BCUT2D eigenvalue weighted by Gasteiger charge is -2.02. The fourth-order valence-electron chi connectivity index (χ4n) is 1.48. The van der Waals surface area contributed by atoms with E-state index in [2.05, 4.69) is 31.2 Å². The van der Waals surface area contributed by atoms with E-state index in [1.807, 2.05) is 0 Å². The average Bonchev–Trinajstić information content (AvgIpc) is 2.59. The van der Waals surface area contributed by atoms with Gasteiger partial charge in [0, 0.05) is 16.1 Å². The zero-order valence-corrected chi connectivity index (χ0v) is 8.97. The largest absolute Gasteiger partial charge is 0.329 e. The van der Waals surface area contributed by atoms with Crippen molar-refractivity contribution in [2.45, 2.75) is 13.0 Å². The maximum Gasteiger partial charge on any atom is 0.0514 e. The first-order valence-corrected chi connectivity index (χ1v) is 5.48. The number of nitrogens with two attached hydrogens (primary N) is 2. The molecule has 14 heavy (non-hydrogen) atoms. The van der Waals surface area contributed by atoms with Gasteiger partial charge in [0.1, 0.15) is 0 Å². The molecular weight excluding hydrogens is 192 g/mol. The number of fused-ring (bicyclic) bond motifs is 1. The highest BCUT2D eigenvalue weighted by atomic mass is 32.1. The molecule has 0 fully saturated rings. The maximum atomic E-state index is 5.88. The first kappa shape index (κ1) is 9.65. The summed E-state index contributed by atoms with van der Waals surface area (Å²) >= 11 is 1.73. The second-order valence-corrected chi connectivity index (χ2v) is 4.65. The molecule has 2 aromatic rings. The van der Waals surface area contributed by atoms with Gasteiger partial charge >= 0.3 is 0 Å². The van der Waals surface area contributed by atoms with Crippen LogP contribution in [0.3, 0.4) is 0 Å². The summed E-state index contributed by atoms with van der Waals surface area (Å²) in [5.41, 5.74) is 12.7. The van der Waals surface area contributed by atoms with Crippen molar-refractivity contribution in [3.05, 3.63) is 34.7 Å². The van der Waals surface area contributed by atoms with Crippen LogP contribution in [0.5, 0.6) is 0 Å². The molecule has 0 bridgehead atoms. The minimum Gasteiger partial charge on any atom is -0.329 e. The molecule has 0 amide bonds. The molecule has 4 N–H and O–H groups in total. The standard InChI is InChI=1S/C11H14N2S/c1-7-2-3-10-8(4-7)5-11(14-10)9(13)6-12/h2-5,9H,6,12-13H2,1H3. The van der Waals surface area contributed by atoms with Crippen molar-refractivity contribution < 1.29 is 0 Å². The Kier molecular flexibility index (Phi) is 2.54. The third-order valence-corrected chi connectivity index (χ3v) is 3.56. The van der Waals surface area contributed by atoms with Crippen molar-refractivity contribution in [1.82, 2.24) is 0 Å². The normalized spacial score (nSPS) is 13.4. The number of thiophene rings is 1. The molecule has 2 nitrogen and oxygen atoms in total. The molecule has 0 spiro atoms. The summed E-state index contributed by atoms with van der Waals surface area (Å²) in [7, 11) is 0. The van der Waals surface area contributed by atoms with Gasteiger partial charge in [-0.05, 0) is 24.4 Å². The predicted molar refractivity (Wildman–Crippen MR) is 62.5 cm³/mol. The molecule has 74 valence electrons. The Morgan fingerprint density at radius 3 is 2.86 bits per heavy atom. The van der Waals surface area contributed by atoms with E-state index in [4.69, 9.17) is 11.5 Å². The molecule has 1 unspecified atom stereocenters. The van der Waals surface area contributed by atoms with Crippen LogP contribution < -0.4 is 11.5 Å². The Bertz CT molecular complexity index is 447. The Balaban J connectivity index is 2.51. The summed E-state index contributed by atoms with van der Waals surface area (Å²) in [6.45, 7) is 2.60. The van der Waals surface area contributed by atoms with E-state index < -0.39 is 0 Å². The third kappa shape index (κ3) is 1.66. The van der Waals surface area contributed by atoms with Crippen molar-refractivity contribution in [2.75, 3.05) is 6.54 Å². The Hall–Kier alpha value is -0.900. The summed E-state index contributed by atoms with van der Waals surface area (Å²) in [5.74, 6) is 0. The lowest BCUT2D eigenvalue weighted by Crippen LogP contribution is -2.19. The Morgan fingerprint density at radius 2 is 2.14 bits per heavy atom. The number of hydrogen-bond donors (Lipinski definition) is 2. The van der Waals surface area contributed by atoms with E-state index in [0.717, 1.165) is 0 Å². The molecule has 0 radical (unpaired) electrons. The molecule has 0 saturated heterocycles. The van der Waals surface area contributed by atoms with Crippen molar-refractivity contribution in [3.8, 4) is 0 Å². The van der Waals surface area contributed by atoms with Crippen molar-refractivity contribution in [3.63, 3.8) is 0 Å². The number of rotatable bonds is 2. The van der Waals surface area contributed by atoms with Crippen LogP contribution in [0.1, 0.15) is 16.5 Å². The quantitative estimate of drug-likeness (QED) is 0.791. The predicted octanol–water partition coefficient (Wildman–Crippen LogP) is 2.17. The van der Waals surface area contributed by atoms with Crippen molar-refractivity contribution in [2.24, 2.45) is 11.5 Å². The first-order chi connectivity index (χ1) is 6.70. The smallest absolute Gasteiger partial charge is 0.0514 e. The van der Waals surface area contributed by atoms with Crippen LogP contribution in [-0.4, -0.2) is 6.54 Å². The second kappa shape index (κ2) is 3.69. The van der Waals surface area contributed by atoms with Crippen LogP contribution >= 0.6 is 11.3 Å². The van der Waals surface area contributed by atoms with E-state index in [1.54, 1.807) is 11.3 Å². The van der Waals surface area contributed by atoms with Crippen molar-refractivity contribution >= 4 is 21.4 Å². The summed E-state index contributed by atoms with van der Waals surface area (Å²) < 4.78 is 1.29. The highest BCUT2D eigenvalue weighted by Gasteiger charge is 2.07. The summed E-state index contributed by atoms with van der Waals surface area (Å²) in [4.78, 5) is 1.17. The summed E-state index contributed by atoms with van der Waals surface area (Å²) in [6.07, 6.45) is 0. The van der Waals surface area contributed by atoms with Gasteiger partial charge in [0.2, 0.25) is 0 Å². The first-order valence-electron chi connectivity index (χ1n) is 4.66. The van der Waals surface area contributed by atoms with Crippen LogP contribution in [-0.2, 0) is 0 Å². The van der Waals surface area contributed by atoms with E-state index >= 15 is 0 Å². The Labute approximate surface area is 87.5 Å². The zero-order chi connectivity index (χ0) is 10.1. The minimum absolute atomic E-state index is 0.0206. The molecule has 0 aliphatic heterocycles. The second-order valence-electron chi connectivity index (χ2n) is 3.53. The van der Waals surface area contributed by atoms with Crippen LogP contribution in [0.4, 0.5) is 0 Å². The summed E-state index contributed by atoms with van der Waals surface area (Å²) in [5, 5.41) is 1.27. The molecule has 0 saturated carbocycles. The fourth-order valence-corrected chi connectivity index (χ4v) is 2.54. The summed E-state index contributed by atoms with van der Waals surface area (Å²) in [6, 6.07) is 8.56. The fraction of sp³-hybridized carbons (Fsp3) is 0.273. The lowest BCUT2D eigenvalue weighted by molar-refractivity contribution is 0.752. The van der Waals surface area contributed by atoms with Gasteiger partial charge in [-0.1, -0.05) is 17.7 Å². The van der Waals surface area contributed by atoms with E-state index in [0.29, 0.717) is 6.54 Å². The molecular formula is C11H14N2S. The van der Waals surface area contributed by atoms with Gasteiger partial charge in [0.05, 0.1) is 6.04 Å². The van der Waals surface area contributed by atoms with Crippen LogP contribution in [0, 0.1) is 6.92 Å². The molecule has 1 aromatic carbocycles. The van der Waals surface area contributed by atoms with E-state index in [9.17, 15) is 0 Å². The molecule has 3 heteroatoms. The molecule has 0 aliphatic rings. The monoisotopic (exact) mass is 206 g/mol. The number of benzene rings is 1. The van der Waals surface area contributed by atoms with Gasteiger partial charge in [-0.25, -0.2) is 0 Å². The molecule has 1 aromatic heterocycles. The maximum absolute atomic E-state index is 5.88. The highest BCUT2D eigenvalue weighted by molar-refractivity contribution is 7.19. The van der Waals surface area contributed by atoms with Gasteiger partial charge in [-0.3, -0.25) is 0 Å². The van der Waals surface area contributed by atoms with Crippen molar-refractivity contribution in [1.29, 1.82) is 0 Å². The third-order valence-electron chi connectivity index (χ3n) is 2.31. The van der Waals surface area contributed by atoms with Gasteiger partial charge in [0.25, 0.3) is 0 Å². The zero-order valence-electron chi connectivity index (χ0n) is 8.16. The number of hydrogen-bond acceptors (Lipinski definition) is 3. The SMILES string of the molecule is Cc1ccc2sc(C(N)CN)cc2c1. The van der Waals surface area contributed by atoms with Gasteiger partial charge in [-0.2, -0.15) is 0 Å². The topological polar surface area (TPSA) is 52.0 Å². The van der Waals surface area contributed by atoms with Gasteiger partial charge in [-0.15, -0.1) is 11.3 Å².